The van der Waals surface area contributed by atoms with Gasteiger partial charge in [0.15, 0.2) is 0 Å². The molecule has 1 saturated heterocycles. The van der Waals surface area contributed by atoms with Gasteiger partial charge in [0, 0.05) is 13.1 Å². The zero-order chi connectivity index (χ0) is 14.7. The van der Waals surface area contributed by atoms with Crippen molar-refractivity contribution in [1.29, 1.82) is 0 Å². The van der Waals surface area contributed by atoms with Gasteiger partial charge in [0.25, 0.3) is 5.91 Å². The van der Waals surface area contributed by atoms with Crippen LogP contribution in [-0.2, 0) is 0 Å². The van der Waals surface area contributed by atoms with Gasteiger partial charge in [-0.05, 0) is 43.2 Å². The summed E-state index contributed by atoms with van der Waals surface area (Å²) in [6.07, 6.45) is 9.17. The van der Waals surface area contributed by atoms with Crippen LogP contribution in [-0.4, -0.2) is 23.9 Å². The number of hydrogen-bond donors (Lipinski definition) is 2. The highest BCUT2D eigenvalue weighted by Gasteiger charge is 2.36. The van der Waals surface area contributed by atoms with Gasteiger partial charge in [-0.3, -0.25) is 10.6 Å². The Labute approximate surface area is 126 Å². The van der Waals surface area contributed by atoms with E-state index in [9.17, 15) is 4.79 Å². The fourth-order valence-electron chi connectivity index (χ4n) is 3.95. The van der Waals surface area contributed by atoms with E-state index in [1.165, 1.54) is 32.1 Å². The first-order valence-electron chi connectivity index (χ1n) is 8.09. The Hall–Kier alpha value is -1.55. The molecule has 0 atom stereocenters. The summed E-state index contributed by atoms with van der Waals surface area (Å²) >= 11 is 0. The average Bonchev–Trinajstić information content (AvgIpc) is 2.56. The molecular weight excluding hydrogens is 262 g/mol. The summed E-state index contributed by atoms with van der Waals surface area (Å²) in [7, 11) is 0. The fourth-order valence-corrected chi connectivity index (χ4v) is 3.95. The normalized spacial score (nSPS) is 21.3. The third-order valence-corrected chi connectivity index (χ3v) is 5.34. The number of carbonyl (C=O) groups excluding carboxylic acids is 1. The highest BCUT2D eigenvalue weighted by Crippen LogP contribution is 2.44. The van der Waals surface area contributed by atoms with Crippen LogP contribution in [0.2, 0.25) is 0 Å². The summed E-state index contributed by atoms with van der Waals surface area (Å²) in [6, 6.07) is 7.47. The number of hydrogen-bond acceptors (Lipinski definition) is 3. The zero-order valence-electron chi connectivity index (χ0n) is 12.6. The van der Waals surface area contributed by atoms with Crippen LogP contribution in [0.5, 0.6) is 0 Å². The molecule has 3 N–H and O–H groups in total. The minimum atomic E-state index is 0.106. The number of carbonyl (C=O) groups is 1. The Kier molecular flexibility index (Phi) is 4.15. The molecular formula is C17H25N3O. The highest BCUT2D eigenvalue weighted by molar-refractivity contribution is 5.99. The molecule has 4 nitrogen and oxygen atoms in total. The minimum Gasteiger partial charge on any atom is -0.339 e. The molecule has 1 spiro atoms. The van der Waals surface area contributed by atoms with E-state index in [2.05, 4.69) is 5.43 Å². The maximum atomic E-state index is 12.7. The molecule has 1 amide bonds. The number of hydrazine groups is 1. The van der Waals surface area contributed by atoms with Crippen LogP contribution in [0.4, 0.5) is 5.69 Å². The minimum absolute atomic E-state index is 0.106. The number of amides is 1. The molecule has 21 heavy (non-hydrogen) atoms. The Balaban J connectivity index is 1.67. The third-order valence-electron chi connectivity index (χ3n) is 5.34. The lowest BCUT2D eigenvalue weighted by molar-refractivity contribution is 0.0473. The van der Waals surface area contributed by atoms with Gasteiger partial charge in [-0.2, -0.15) is 0 Å². The van der Waals surface area contributed by atoms with Crippen LogP contribution in [0.25, 0.3) is 0 Å². The summed E-state index contributed by atoms with van der Waals surface area (Å²) in [5.41, 5.74) is 4.54. The molecule has 1 aliphatic heterocycles. The van der Waals surface area contributed by atoms with Crippen LogP contribution in [0, 0.1) is 5.41 Å². The lowest BCUT2D eigenvalue weighted by Gasteiger charge is -2.44. The van der Waals surface area contributed by atoms with Gasteiger partial charge in [0.05, 0.1) is 11.3 Å². The van der Waals surface area contributed by atoms with E-state index in [-0.39, 0.29) is 5.91 Å². The number of nitrogens with two attached hydrogens (primary N) is 1. The largest absolute Gasteiger partial charge is 0.339 e. The van der Waals surface area contributed by atoms with Crippen LogP contribution in [0.15, 0.2) is 24.3 Å². The Morgan fingerprint density at radius 2 is 1.71 bits per heavy atom. The summed E-state index contributed by atoms with van der Waals surface area (Å²) in [5.74, 6) is 5.61. The number of para-hydroxylation sites is 1. The van der Waals surface area contributed by atoms with Crippen molar-refractivity contribution >= 4 is 11.6 Å². The molecule has 4 heteroatoms. The maximum absolute atomic E-state index is 12.7. The van der Waals surface area contributed by atoms with Crippen molar-refractivity contribution in [1.82, 2.24) is 4.90 Å². The number of likely N-dealkylation sites (tertiary alicyclic amines) is 1. The van der Waals surface area contributed by atoms with Gasteiger partial charge in [-0.1, -0.05) is 31.4 Å². The number of rotatable bonds is 2. The van der Waals surface area contributed by atoms with Gasteiger partial charge in [-0.15, -0.1) is 0 Å². The summed E-state index contributed by atoms with van der Waals surface area (Å²) < 4.78 is 0. The first-order chi connectivity index (χ1) is 10.2. The Morgan fingerprint density at radius 1 is 1.05 bits per heavy atom. The quantitative estimate of drug-likeness (QED) is 0.649. The van der Waals surface area contributed by atoms with E-state index in [0.717, 1.165) is 25.9 Å². The van der Waals surface area contributed by atoms with Crippen LogP contribution in [0.3, 0.4) is 0 Å². The molecule has 0 unspecified atom stereocenters. The van der Waals surface area contributed by atoms with Crippen LogP contribution >= 0.6 is 0 Å². The number of piperidine rings is 1. The predicted octanol–water partition coefficient (Wildman–Crippen LogP) is 3.16. The molecule has 0 bridgehead atoms. The molecule has 1 aromatic rings. The fraction of sp³-hybridized carbons (Fsp3) is 0.588. The van der Waals surface area contributed by atoms with Crippen LogP contribution < -0.4 is 11.3 Å². The van der Waals surface area contributed by atoms with E-state index in [1.807, 2.05) is 29.2 Å². The second-order valence-corrected chi connectivity index (χ2v) is 6.54. The summed E-state index contributed by atoms with van der Waals surface area (Å²) in [5, 5.41) is 0. The number of nitrogens with one attached hydrogen (secondary N) is 1. The van der Waals surface area contributed by atoms with Gasteiger partial charge >= 0.3 is 0 Å². The molecule has 2 aliphatic rings. The topological polar surface area (TPSA) is 58.4 Å². The van der Waals surface area contributed by atoms with Gasteiger partial charge < -0.3 is 10.3 Å². The summed E-state index contributed by atoms with van der Waals surface area (Å²) in [6.45, 7) is 1.77. The molecule has 1 aromatic carbocycles. The number of nitrogen functional groups attached to an aromatic ring is 1. The van der Waals surface area contributed by atoms with Gasteiger partial charge in [0.2, 0.25) is 0 Å². The van der Waals surface area contributed by atoms with Crippen molar-refractivity contribution in [2.24, 2.45) is 11.3 Å². The van der Waals surface area contributed by atoms with E-state index >= 15 is 0 Å². The number of nitrogens with zero attached hydrogens (tertiary/aromatic N) is 1. The molecule has 114 valence electrons. The first-order valence-corrected chi connectivity index (χ1v) is 8.09. The van der Waals surface area contributed by atoms with Crippen molar-refractivity contribution < 1.29 is 4.79 Å². The summed E-state index contributed by atoms with van der Waals surface area (Å²) in [4.78, 5) is 14.7. The van der Waals surface area contributed by atoms with Crippen molar-refractivity contribution in [3.05, 3.63) is 29.8 Å². The molecule has 3 rings (SSSR count). The van der Waals surface area contributed by atoms with Crippen molar-refractivity contribution in [3.8, 4) is 0 Å². The van der Waals surface area contributed by atoms with Crippen molar-refractivity contribution in [3.63, 3.8) is 0 Å². The highest BCUT2D eigenvalue weighted by atomic mass is 16.2. The lowest BCUT2D eigenvalue weighted by Crippen LogP contribution is -2.44. The van der Waals surface area contributed by atoms with E-state index in [4.69, 9.17) is 5.84 Å². The second kappa shape index (κ2) is 6.06. The zero-order valence-corrected chi connectivity index (χ0v) is 12.6. The molecule has 0 radical (unpaired) electrons. The Morgan fingerprint density at radius 3 is 2.38 bits per heavy atom. The second-order valence-electron chi connectivity index (χ2n) is 6.54. The molecule has 0 aromatic heterocycles. The van der Waals surface area contributed by atoms with Crippen LogP contribution in [0.1, 0.15) is 55.3 Å². The van der Waals surface area contributed by atoms with E-state index in [0.29, 0.717) is 16.7 Å². The molecule has 1 saturated carbocycles. The smallest absolute Gasteiger partial charge is 0.256 e. The average molecular weight is 287 g/mol. The van der Waals surface area contributed by atoms with Gasteiger partial charge in [-0.25, -0.2) is 0 Å². The van der Waals surface area contributed by atoms with E-state index in [1.54, 1.807) is 0 Å². The predicted molar refractivity (Wildman–Crippen MR) is 84.9 cm³/mol. The molecule has 1 heterocycles. The Bertz CT molecular complexity index is 499. The standard InChI is InChI=1S/C17H25N3O/c18-19-15-7-3-2-6-14(15)16(21)20-12-10-17(11-13-20)8-4-1-5-9-17/h2-3,6-7,19H,1,4-5,8-13,18H2. The first kappa shape index (κ1) is 14.4. The van der Waals surface area contributed by atoms with Gasteiger partial charge in [0.1, 0.15) is 0 Å². The SMILES string of the molecule is NNc1ccccc1C(=O)N1CCC2(CCCCC2)CC1. The molecule has 1 aliphatic carbocycles. The monoisotopic (exact) mass is 287 g/mol. The number of benzene rings is 1. The van der Waals surface area contributed by atoms with E-state index < -0.39 is 0 Å². The van der Waals surface area contributed by atoms with Crippen molar-refractivity contribution in [2.75, 3.05) is 18.5 Å². The lowest BCUT2D eigenvalue weighted by atomic mass is 9.68. The maximum Gasteiger partial charge on any atom is 0.256 e. The molecule has 2 fully saturated rings. The third kappa shape index (κ3) is 2.91. The number of anilines is 1. The van der Waals surface area contributed by atoms with Crippen molar-refractivity contribution in [2.45, 2.75) is 44.9 Å².